The fourth-order valence-electron chi connectivity index (χ4n) is 3.72. The summed E-state index contributed by atoms with van der Waals surface area (Å²) in [5.74, 6) is -1.38. The number of phenolic OH excluding ortho intramolecular Hbond substituents is 1. The standard InChI is InChI=1S/C24H20N2O5/c1-31-19-5-3-2-4-18(19)22(28)20-21(16-6-8-17(27)9-7-16)26(24(30)23(20)29)14-15-10-12-25-13-11-15/h2-13,21,27-28H,14H2,1H3/b22-20-. The molecule has 1 aromatic heterocycles. The molecule has 1 amide bonds. The minimum absolute atomic E-state index is 0.0331. The number of para-hydroxylation sites is 1. The third-order valence-corrected chi connectivity index (χ3v) is 5.21. The van der Waals surface area contributed by atoms with Gasteiger partial charge >= 0.3 is 0 Å². The van der Waals surface area contributed by atoms with Gasteiger partial charge < -0.3 is 19.8 Å². The summed E-state index contributed by atoms with van der Waals surface area (Å²) >= 11 is 0. The smallest absolute Gasteiger partial charge is 0.295 e. The molecule has 0 radical (unpaired) electrons. The van der Waals surface area contributed by atoms with E-state index in [9.17, 15) is 19.8 Å². The van der Waals surface area contributed by atoms with Gasteiger partial charge in [0.25, 0.3) is 11.7 Å². The molecule has 0 saturated carbocycles. The molecule has 3 aromatic rings. The van der Waals surface area contributed by atoms with E-state index in [2.05, 4.69) is 4.98 Å². The summed E-state index contributed by atoms with van der Waals surface area (Å²) < 4.78 is 5.32. The van der Waals surface area contributed by atoms with Gasteiger partial charge in [-0.1, -0.05) is 24.3 Å². The number of likely N-dealkylation sites (tertiary alicyclic amines) is 1. The molecule has 156 valence electrons. The first-order chi connectivity index (χ1) is 15.0. The third-order valence-electron chi connectivity index (χ3n) is 5.21. The van der Waals surface area contributed by atoms with Gasteiger partial charge in [0.05, 0.1) is 24.3 Å². The van der Waals surface area contributed by atoms with Crippen LogP contribution >= 0.6 is 0 Å². The van der Waals surface area contributed by atoms with Crippen molar-refractivity contribution in [2.75, 3.05) is 7.11 Å². The number of amides is 1. The van der Waals surface area contributed by atoms with Gasteiger partial charge in [0.1, 0.15) is 17.3 Å². The Morgan fingerprint density at radius 2 is 1.71 bits per heavy atom. The number of aromatic hydroxyl groups is 1. The quantitative estimate of drug-likeness (QED) is 0.376. The molecule has 1 saturated heterocycles. The summed E-state index contributed by atoms with van der Waals surface area (Å²) in [6, 6.07) is 15.6. The number of Topliss-reactive ketones (excluding diaryl/α,β-unsaturated/α-hetero) is 1. The minimum Gasteiger partial charge on any atom is -0.508 e. The summed E-state index contributed by atoms with van der Waals surface area (Å²) in [5, 5.41) is 20.8. The second-order valence-corrected chi connectivity index (χ2v) is 7.07. The number of carbonyl (C=O) groups is 2. The first kappa shape index (κ1) is 20.2. The van der Waals surface area contributed by atoms with E-state index in [1.54, 1.807) is 60.9 Å². The Hall–Kier alpha value is -4.13. The van der Waals surface area contributed by atoms with Crippen LogP contribution in [0.4, 0.5) is 0 Å². The number of carbonyl (C=O) groups excluding carboxylic acids is 2. The number of ketones is 1. The molecule has 1 fully saturated rings. The van der Waals surface area contributed by atoms with E-state index in [1.807, 2.05) is 0 Å². The highest BCUT2D eigenvalue weighted by Gasteiger charge is 2.46. The van der Waals surface area contributed by atoms with Crippen LogP contribution in [0.15, 0.2) is 78.6 Å². The highest BCUT2D eigenvalue weighted by Crippen LogP contribution is 2.41. The Morgan fingerprint density at radius 3 is 2.39 bits per heavy atom. The van der Waals surface area contributed by atoms with Crippen LogP contribution < -0.4 is 4.74 Å². The van der Waals surface area contributed by atoms with Crippen molar-refractivity contribution >= 4 is 17.4 Å². The lowest BCUT2D eigenvalue weighted by Gasteiger charge is -2.25. The van der Waals surface area contributed by atoms with Crippen LogP contribution in [0.3, 0.4) is 0 Å². The topological polar surface area (TPSA) is 100.0 Å². The average Bonchev–Trinajstić information content (AvgIpc) is 3.04. The van der Waals surface area contributed by atoms with Crippen molar-refractivity contribution in [1.29, 1.82) is 0 Å². The molecular weight excluding hydrogens is 396 g/mol. The predicted octanol–water partition coefficient (Wildman–Crippen LogP) is 3.42. The summed E-state index contributed by atoms with van der Waals surface area (Å²) in [7, 11) is 1.46. The van der Waals surface area contributed by atoms with Crippen molar-refractivity contribution < 1.29 is 24.5 Å². The zero-order chi connectivity index (χ0) is 22.0. The van der Waals surface area contributed by atoms with Crippen molar-refractivity contribution in [2.24, 2.45) is 0 Å². The second kappa shape index (κ2) is 8.31. The molecule has 31 heavy (non-hydrogen) atoms. The molecule has 0 bridgehead atoms. The summed E-state index contributed by atoms with van der Waals surface area (Å²) in [6.07, 6.45) is 3.21. The molecule has 2 aromatic carbocycles. The SMILES string of the molecule is COc1ccccc1/C(O)=C1/C(=O)C(=O)N(Cc2ccncc2)C1c1ccc(O)cc1. The normalized spacial score (nSPS) is 17.7. The molecule has 1 aliphatic heterocycles. The lowest BCUT2D eigenvalue weighted by atomic mass is 9.95. The number of nitrogens with zero attached hydrogens (tertiary/aromatic N) is 2. The maximum Gasteiger partial charge on any atom is 0.295 e. The molecule has 2 heterocycles. The molecule has 0 aliphatic carbocycles. The van der Waals surface area contributed by atoms with Crippen molar-refractivity contribution in [3.8, 4) is 11.5 Å². The monoisotopic (exact) mass is 416 g/mol. The number of hydrogen-bond acceptors (Lipinski definition) is 6. The number of aromatic nitrogens is 1. The van der Waals surface area contributed by atoms with Crippen molar-refractivity contribution in [1.82, 2.24) is 9.88 Å². The van der Waals surface area contributed by atoms with E-state index in [4.69, 9.17) is 4.74 Å². The number of phenols is 1. The highest BCUT2D eigenvalue weighted by molar-refractivity contribution is 6.46. The van der Waals surface area contributed by atoms with Gasteiger partial charge in [0.2, 0.25) is 0 Å². The van der Waals surface area contributed by atoms with Crippen LogP contribution in [0, 0.1) is 0 Å². The number of methoxy groups -OCH3 is 1. The third kappa shape index (κ3) is 3.73. The van der Waals surface area contributed by atoms with Crippen LogP contribution in [0.25, 0.3) is 5.76 Å². The first-order valence-corrected chi connectivity index (χ1v) is 9.61. The van der Waals surface area contributed by atoms with Crippen LogP contribution in [0.1, 0.15) is 22.7 Å². The largest absolute Gasteiger partial charge is 0.508 e. The maximum atomic E-state index is 13.1. The van der Waals surface area contributed by atoms with E-state index in [0.29, 0.717) is 16.9 Å². The summed E-state index contributed by atoms with van der Waals surface area (Å²) in [6.45, 7) is 0.154. The van der Waals surface area contributed by atoms with Gasteiger partial charge in [-0.3, -0.25) is 14.6 Å². The number of aliphatic hydroxyl groups excluding tert-OH is 1. The maximum absolute atomic E-state index is 13.1. The fourth-order valence-corrected chi connectivity index (χ4v) is 3.72. The Labute approximate surface area is 178 Å². The molecule has 0 spiro atoms. The number of hydrogen-bond donors (Lipinski definition) is 2. The Morgan fingerprint density at radius 1 is 1.03 bits per heavy atom. The van der Waals surface area contributed by atoms with Gasteiger partial charge in [-0.15, -0.1) is 0 Å². The van der Waals surface area contributed by atoms with Crippen molar-refractivity contribution in [2.45, 2.75) is 12.6 Å². The molecule has 1 aliphatic rings. The zero-order valence-corrected chi connectivity index (χ0v) is 16.7. The summed E-state index contributed by atoms with van der Waals surface area (Å²) in [4.78, 5) is 31.4. The summed E-state index contributed by atoms with van der Waals surface area (Å²) in [5.41, 5.74) is 1.66. The van der Waals surface area contributed by atoms with Crippen LogP contribution in [-0.2, 0) is 16.1 Å². The van der Waals surface area contributed by atoms with Crippen molar-refractivity contribution in [3.63, 3.8) is 0 Å². The van der Waals surface area contributed by atoms with Crippen LogP contribution in [-0.4, -0.2) is 38.9 Å². The van der Waals surface area contributed by atoms with Gasteiger partial charge in [0.15, 0.2) is 0 Å². The molecule has 1 unspecified atom stereocenters. The number of pyridine rings is 1. The van der Waals surface area contributed by atoms with Crippen molar-refractivity contribution in [3.05, 3.63) is 95.3 Å². The molecule has 2 N–H and O–H groups in total. The fraction of sp³-hybridized carbons (Fsp3) is 0.125. The Kier molecular flexibility index (Phi) is 5.41. The lowest BCUT2D eigenvalue weighted by Crippen LogP contribution is -2.29. The van der Waals surface area contributed by atoms with Crippen LogP contribution in [0.2, 0.25) is 0 Å². The Bertz CT molecular complexity index is 1160. The Balaban J connectivity index is 1.89. The van der Waals surface area contributed by atoms with Crippen LogP contribution in [0.5, 0.6) is 11.5 Å². The van der Waals surface area contributed by atoms with Gasteiger partial charge in [0, 0.05) is 18.9 Å². The minimum atomic E-state index is -0.835. The number of aliphatic hydroxyl groups is 1. The van der Waals surface area contributed by atoms with Gasteiger partial charge in [-0.2, -0.15) is 0 Å². The molecule has 4 rings (SSSR count). The average molecular weight is 416 g/mol. The molecule has 7 nitrogen and oxygen atoms in total. The van der Waals surface area contributed by atoms with Gasteiger partial charge in [-0.25, -0.2) is 0 Å². The second-order valence-electron chi connectivity index (χ2n) is 7.07. The number of benzene rings is 2. The van der Waals surface area contributed by atoms with E-state index < -0.39 is 17.7 Å². The van der Waals surface area contributed by atoms with E-state index in [-0.39, 0.29) is 23.6 Å². The number of ether oxygens (including phenoxy) is 1. The number of rotatable bonds is 5. The predicted molar refractivity (Wildman–Crippen MR) is 113 cm³/mol. The van der Waals surface area contributed by atoms with Gasteiger partial charge in [-0.05, 0) is 47.5 Å². The lowest BCUT2D eigenvalue weighted by molar-refractivity contribution is -0.140. The molecular formula is C24H20N2O5. The highest BCUT2D eigenvalue weighted by atomic mass is 16.5. The molecule has 1 atom stereocenters. The van der Waals surface area contributed by atoms with E-state index in [0.717, 1.165) is 5.56 Å². The van der Waals surface area contributed by atoms with E-state index in [1.165, 1.54) is 24.1 Å². The van der Waals surface area contributed by atoms with E-state index >= 15 is 0 Å². The first-order valence-electron chi connectivity index (χ1n) is 9.61. The molecule has 7 heteroatoms. The zero-order valence-electron chi connectivity index (χ0n) is 16.7.